The Labute approximate surface area is 263 Å². The van der Waals surface area contributed by atoms with Crippen LogP contribution in [0, 0.1) is 34.6 Å². The molecule has 0 bridgehead atoms. The summed E-state index contributed by atoms with van der Waals surface area (Å²) in [6.45, 7) is 13.4. The number of aryl methyl sites for hydroxylation is 6. The number of unbranched alkanes of at least 4 members (excludes halogenated alkanes) is 1. The van der Waals surface area contributed by atoms with E-state index in [1.807, 2.05) is 0 Å². The maximum Gasteiger partial charge on any atom is 0.145 e. The van der Waals surface area contributed by atoms with Gasteiger partial charge in [0.2, 0.25) is 0 Å². The van der Waals surface area contributed by atoms with Gasteiger partial charge in [0.15, 0.2) is 0 Å². The molecule has 2 heteroatoms. The van der Waals surface area contributed by atoms with E-state index >= 15 is 0 Å². The van der Waals surface area contributed by atoms with Crippen LogP contribution in [0.1, 0.15) is 53.1 Å². The zero-order valence-electron chi connectivity index (χ0n) is 26.9. The van der Waals surface area contributed by atoms with Crippen molar-refractivity contribution >= 4 is 0 Å². The molecule has 0 radical (unpaired) electrons. The number of hydrogen-bond acceptors (Lipinski definition) is 1. The van der Waals surface area contributed by atoms with Gasteiger partial charge < -0.3 is 0 Å². The van der Waals surface area contributed by atoms with E-state index in [4.69, 9.17) is 4.98 Å². The molecule has 1 aromatic heterocycles. The lowest BCUT2D eigenvalue weighted by atomic mass is 9.94. The molecular weight excluding hydrogens is 532 g/mol. The number of hydrogen-bond donors (Lipinski definition) is 0. The summed E-state index contributed by atoms with van der Waals surface area (Å²) in [5.41, 5.74) is 17.3. The third kappa shape index (κ3) is 5.77. The van der Waals surface area contributed by atoms with E-state index in [1.54, 1.807) is 0 Å². The van der Waals surface area contributed by atoms with Crippen LogP contribution in [-0.4, -0.2) is 9.55 Å². The van der Waals surface area contributed by atoms with Crippen molar-refractivity contribution in [3.8, 4) is 50.6 Å². The van der Waals surface area contributed by atoms with Crippen molar-refractivity contribution in [3.63, 3.8) is 0 Å². The summed E-state index contributed by atoms with van der Waals surface area (Å²) >= 11 is 0. The van der Waals surface area contributed by atoms with Crippen molar-refractivity contribution in [2.24, 2.45) is 0 Å². The Hall–Kier alpha value is -4.69. The molecule has 0 aliphatic heterocycles. The molecule has 0 aliphatic carbocycles. The lowest BCUT2D eigenvalue weighted by Gasteiger charge is -2.21. The maximum atomic E-state index is 5.17. The first-order valence-corrected chi connectivity index (χ1v) is 15.9. The Kier molecular flexibility index (Phi) is 8.35. The van der Waals surface area contributed by atoms with E-state index in [1.165, 1.54) is 79.7 Å². The molecule has 5 aromatic carbocycles. The Morgan fingerprint density at radius 1 is 0.568 bits per heavy atom. The van der Waals surface area contributed by atoms with Gasteiger partial charge in [-0.1, -0.05) is 104 Å². The van der Waals surface area contributed by atoms with Gasteiger partial charge in [-0.3, -0.25) is 4.57 Å². The van der Waals surface area contributed by atoms with E-state index in [0.717, 1.165) is 23.5 Å². The Balaban J connectivity index is 1.57. The molecule has 44 heavy (non-hydrogen) atoms. The standard InChI is InChI=1S/C42H42N2/c1-7-8-15-33-22-29(3)40(30(4)23-33)39-27-43-42(37-20-13-19-36(26-37)35-18-12-14-28(2)21-35)44(39)41-31(5)24-38(25-32(41)6)34-16-10-9-11-17-34/h9-14,16-27H,7-8,15H2,1-6H3. The van der Waals surface area contributed by atoms with E-state index in [2.05, 4.69) is 155 Å². The molecule has 0 N–H and O–H groups in total. The monoisotopic (exact) mass is 574 g/mol. The topological polar surface area (TPSA) is 17.8 Å². The predicted octanol–water partition coefficient (Wildman–Crippen LogP) is 11.4. The fraction of sp³-hybridized carbons (Fsp3) is 0.214. The molecule has 6 aromatic rings. The molecule has 2 nitrogen and oxygen atoms in total. The molecule has 0 atom stereocenters. The Morgan fingerprint density at radius 3 is 1.84 bits per heavy atom. The van der Waals surface area contributed by atoms with Crippen molar-refractivity contribution in [3.05, 3.63) is 143 Å². The summed E-state index contributed by atoms with van der Waals surface area (Å²) in [6.07, 6.45) is 5.62. The Bertz CT molecular complexity index is 1890. The third-order valence-electron chi connectivity index (χ3n) is 8.72. The van der Waals surface area contributed by atoms with Crippen LogP contribution in [-0.2, 0) is 6.42 Å². The number of nitrogens with zero attached hydrogens (tertiary/aromatic N) is 2. The maximum absolute atomic E-state index is 5.17. The summed E-state index contributed by atoms with van der Waals surface area (Å²) in [4.78, 5) is 5.17. The van der Waals surface area contributed by atoms with Gasteiger partial charge in [-0.15, -0.1) is 0 Å². The minimum absolute atomic E-state index is 0.960. The summed E-state index contributed by atoms with van der Waals surface area (Å²) in [5.74, 6) is 0.960. The minimum Gasteiger partial charge on any atom is -0.292 e. The van der Waals surface area contributed by atoms with Crippen LogP contribution in [0.4, 0.5) is 0 Å². The van der Waals surface area contributed by atoms with Crippen molar-refractivity contribution in [2.45, 2.75) is 60.8 Å². The molecule has 0 saturated carbocycles. The largest absolute Gasteiger partial charge is 0.292 e. The minimum atomic E-state index is 0.960. The van der Waals surface area contributed by atoms with Crippen molar-refractivity contribution in [1.82, 2.24) is 9.55 Å². The van der Waals surface area contributed by atoms with Gasteiger partial charge in [-0.2, -0.15) is 0 Å². The Morgan fingerprint density at radius 2 is 1.18 bits per heavy atom. The van der Waals surface area contributed by atoms with Crippen molar-refractivity contribution in [1.29, 1.82) is 0 Å². The molecule has 1 heterocycles. The van der Waals surface area contributed by atoms with Crippen molar-refractivity contribution in [2.75, 3.05) is 0 Å². The number of rotatable bonds is 8. The van der Waals surface area contributed by atoms with Gasteiger partial charge in [0, 0.05) is 11.1 Å². The molecule has 0 amide bonds. The number of benzene rings is 5. The molecule has 6 rings (SSSR count). The average Bonchev–Trinajstić information content (AvgIpc) is 3.43. The third-order valence-corrected chi connectivity index (χ3v) is 8.72. The van der Waals surface area contributed by atoms with E-state index in [-0.39, 0.29) is 0 Å². The summed E-state index contributed by atoms with van der Waals surface area (Å²) < 4.78 is 2.41. The molecule has 0 spiro atoms. The van der Waals surface area contributed by atoms with Gasteiger partial charge in [-0.05, 0) is 116 Å². The zero-order chi connectivity index (χ0) is 30.8. The highest BCUT2D eigenvalue weighted by Crippen LogP contribution is 2.38. The lowest BCUT2D eigenvalue weighted by molar-refractivity contribution is 0.794. The number of imidazole rings is 1. The molecule has 0 aliphatic rings. The molecular formula is C42H42N2. The highest BCUT2D eigenvalue weighted by Gasteiger charge is 2.22. The second kappa shape index (κ2) is 12.5. The normalized spacial score (nSPS) is 11.2. The summed E-state index contributed by atoms with van der Waals surface area (Å²) in [7, 11) is 0. The first-order valence-electron chi connectivity index (χ1n) is 15.9. The first kappa shape index (κ1) is 29.4. The van der Waals surface area contributed by atoms with E-state index in [9.17, 15) is 0 Å². The van der Waals surface area contributed by atoms with Crippen LogP contribution in [0.2, 0.25) is 0 Å². The predicted molar refractivity (Wildman–Crippen MR) is 188 cm³/mol. The lowest BCUT2D eigenvalue weighted by Crippen LogP contribution is -2.06. The SMILES string of the molecule is CCCCc1cc(C)c(-c2cnc(-c3cccc(-c4cccc(C)c4)c3)n2-c2c(C)cc(-c3ccccc3)cc2C)c(C)c1. The second-order valence-corrected chi connectivity index (χ2v) is 12.3. The van der Waals surface area contributed by atoms with Crippen molar-refractivity contribution < 1.29 is 0 Å². The van der Waals surface area contributed by atoms with Gasteiger partial charge in [-0.25, -0.2) is 4.98 Å². The van der Waals surface area contributed by atoms with E-state index < -0.39 is 0 Å². The molecule has 0 fully saturated rings. The van der Waals surface area contributed by atoms with Gasteiger partial charge in [0.05, 0.1) is 17.6 Å². The summed E-state index contributed by atoms with van der Waals surface area (Å²) in [6, 6.07) is 37.6. The van der Waals surface area contributed by atoms with Gasteiger partial charge in [0.1, 0.15) is 5.82 Å². The van der Waals surface area contributed by atoms with Crippen LogP contribution in [0.15, 0.2) is 109 Å². The van der Waals surface area contributed by atoms with Crippen LogP contribution in [0.5, 0.6) is 0 Å². The fourth-order valence-corrected chi connectivity index (χ4v) is 6.71. The van der Waals surface area contributed by atoms with Crippen LogP contribution in [0.3, 0.4) is 0 Å². The van der Waals surface area contributed by atoms with Crippen LogP contribution >= 0.6 is 0 Å². The van der Waals surface area contributed by atoms with Crippen LogP contribution in [0.25, 0.3) is 50.6 Å². The van der Waals surface area contributed by atoms with E-state index in [0.29, 0.717) is 0 Å². The summed E-state index contributed by atoms with van der Waals surface area (Å²) in [5, 5.41) is 0. The van der Waals surface area contributed by atoms with Crippen LogP contribution < -0.4 is 0 Å². The second-order valence-electron chi connectivity index (χ2n) is 12.3. The quantitative estimate of drug-likeness (QED) is 0.177. The molecule has 0 saturated heterocycles. The average molecular weight is 575 g/mol. The first-order chi connectivity index (χ1) is 21.3. The van der Waals surface area contributed by atoms with Gasteiger partial charge >= 0.3 is 0 Å². The fourth-order valence-electron chi connectivity index (χ4n) is 6.71. The highest BCUT2D eigenvalue weighted by molar-refractivity contribution is 5.79. The molecule has 220 valence electrons. The highest BCUT2D eigenvalue weighted by atomic mass is 15.1. The number of aromatic nitrogens is 2. The van der Waals surface area contributed by atoms with Gasteiger partial charge in [0.25, 0.3) is 0 Å². The molecule has 0 unspecified atom stereocenters. The smallest absolute Gasteiger partial charge is 0.145 e. The zero-order valence-corrected chi connectivity index (χ0v) is 26.9.